The molecule has 0 radical (unpaired) electrons. The van der Waals surface area contributed by atoms with Crippen LogP contribution in [0.5, 0.6) is 0 Å². The van der Waals surface area contributed by atoms with Gasteiger partial charge in [0.25, 0.3) is 0 Å². The van der Waals surface area contributed by atoms with E-state index in [0.29, 0.717) is 5.92 Å². The Balaban J connectivity index is 2.60. The molecule has 1 aliphatic rings. The van der Waals surface area contributed by atoms with E-state index in [2.05, 4.69) is 16.3 Å². The van der Waals surface area contributed by atoms with Crippen molar-refractivity contribution in [3.05, 3.63) is 12.4 Å². The van der Waals surface area contributed by atoms with Crippen LogP contribution in [0.3, 0.4) is 0 Å². The van der Waals surface area contributed by atoms with Crippen LogP contribution in [0.2, 0.25) is 0 Å². The van der Waals surface area contributed by atoms with Crippen LogP contribution in [0.4, 0.5) is 0 Å². The molecule has 0 saturated heterocycles. The lowest BCUT2D eigenvalue weighted by Gasteiger charge is -2.00. The fourth-order valence-corrected chi connectivity index (χ4v) is 1.59. The summed E-state index contributed by atoms with van der Waals surface area (Å²) in [6.45, 7) is 2.12. The molecule has 1 aliphatic heterocycles. The first kappa shape index (κ1) is 8.33. The SMILES string of the molecule is CCC1C=NSC1=N/C=C\N. The quantitative estimate of drug-likeness (QED) is 0.638. The molecule has 4 heteroatoms. The van der Waals surface area contributed by atoms with E-state index in [0.717, 1.165) is 11.5 Å². The maximum Gasteiger partial charge on any atom is 0.104 e. The number of nitrogens with zero attached hydrogens (tertiary/aromatic N) is 2. The van der Waals surface area contributed by atoms with E-state index in [1.165, 1.54) is 18.1 Å². The number of rotatable bonds is 2. The molecule has 0 fully saturated rings. The third kappa shape index (κ3) is 2.08. The maximum atomic E-state index is 5.16. The monoisotopic (exact) mass is 169 g/mol. The molecular weight excluding hydrogens is 158 g/mol. The molecule has 1 atom stereocenters. The highest BCUT2D eigenvalue weighted by Crippen LogP contribution is 2.22. The van der Waals surface area contributed by atoms with Crippen LogP contribution in [0.15, 0.2) is 21.8 Å². The zero-order valence-electron chi connectivity index (χ0n) is 6.40. The molecule has 0 aromatic carbocycles. The fraction of sp³-hybridized carbons (Fsp3) is 0.429. The van der Waals surface area contributed by atoms with Crippen LogP contribution in [-0.2, 0) is 0 Å². The van der Waals surface area contributed by atoms with Gasteiger partial charge in [-0.25, -0.2) is 4.40 Å². The van der Waals surface area contributed by atoms with E-state index < -0.39 is 0 Å². The van der Waals surface area contributed by atoms with Gasteiger partial charge in [0.1, 0.15) is 5.04 Å². The molecule has 0 amide bonds. The molecule has 0 spiro atoms. The van der Waals surface area contributed by atoms with Crippen molar-refractivity contribution >= 4 is 23.2 Å². The van der Waals surface area contributed by atoms with Gasteiger partial charge in [-0.3, -0.25) is 4.99 Å². The molecule has 1 unspecified atom stereocenters. The molecule has 1 heterocycles. The normalized spacial score (nSPS) is 27.4. The summed E-state index contributed by atoms with van der Waals surface area (Å²) in [4.78, 5) is 4.14. The molecule has 0 saturated carbocycles. The van der Waals surface area contributed by atoms with Crippen LogP contribution in [0.25, 0.3) is 0 Å². The van der Waals surface area contributed by atoms with Crippen LogP contribution in [-0.4, -0.2) is 11.3 Å². The minimum atomic E-state index is 0.399. The van der Waals surface area contributed by atoms with Crippen molar-refractivity contribution in [2.75, 3.05) is 0 Å². The lowest BCUT2D eigenvalue weighted by atomic mass is 10.1. The summed E-state index contributed by atoms with van der Waals surface area (Å²) < 4.78 is 4.06. The maximum absolute atomic E-state index is 5.16. The second-order valence-corrected chi connectivity index (χ2v) is 2.98. The van der Waals surface area contributed by atoms with Gasteiger partial charge in [0.15, 0.2) is 0 Å². The molecule has 3 nitrogen and oxygen atoms in total. The van der Waals surface area contributed by atoms with E-state index in [1.54, 1.807) is 6.20 Å². The topological polar surface area (TPSA) is 50.7 Å². The molecular formula is C7H11N3S. The van der Waals surface area contributed by atoms with E-state index >= 15 is 0 Å². The summed E-state index contributed by atoms with van der Waals surface area (Å²) in [6.07, 6.45) is 6.00. The fourth-order valence-electron chi connectivity index (χ4n) is 0.805. The van der Waals surface area contributed by atoms with Gasteiger partial charge in [0, 0.05) is 36.5 Å². The Kier molecular flexibility index (Phi) is 3.16. The lowest BCUT2D eigenvalue weighted by molar-refractivity contribution is 0.889. The van der Waals surface area contributed by atoms with Crippen LogP contribution in [0, 0.1) is 5.92 Å². The zero-order valence-corrected chi connectivity index (χ0v) is 7.21. The van der Waals surface area contributed by atoms with Crippen molar-refractivity contribution in [2.45, 2.75) is 13.3 Å². The van der Waals surface area contributed by atoms with Crippen LogP contribution < -0.4 is 5.73 Å². The molecule has 0 bridgehead atoms. The second-order valence-electron chi connectivity index (χ2n) is 2.17. The summed E-state index contributed by atoms with van der Waals surface area (Å²) in [5.41, 5.74) is 5.16. The zero-order chi connectivity index (χ0) is 8.10. The Morgan fingerprint density at radius 2 is 2.73 bits per heavy atom. The Hall–Kier alpha value is -0.770. The van der Waals surface area contributed by atoms with E-state index in [-0.39, 0.29) is 0 Å². The minimum absolute atomic E-state index is 0.399. The predicted octanol–water partition coefficient (Wildman–Crippen LogP) is 1.57. The first-order valence-corrected chi connectivity index (χ1v) is 4.30. The minimum Gasteiger partial charge on any atom is -0.403 e. The average molecular weight is 169 g/mol. The van der Waals surface area contributed by atoms with E-state index in [4.69, 9.17) is 5.73 Å². The average Bonchev–Trinajstić information content (AvgIpc) is 2.47. The lowest BCUT2D eigenvalue weighted by Crippen LogP contribution is -2.05. The Bertz CT molecular complexity index is 208. The summed E-state index contributed by atoms with van der Waals surface area (Å²) in [6, 6.07) is 0. The summed E-state index contributed by atoms with van der Waals surface area (Å²) in [5.74, 6) is 0.399. The first-order chi connectivity index (χ1) is 5.38. The van der Waals surface area contributed by atoms with Gasteiger partial charge in [0.2, 0.25) is 0 Å². The van der Waals surface area contributed by atoms with Gasteiger partial charge in [-0.1, -0.05) is 6.92 Å². The van der Waals surface area contributed by atoms with E-state index in [1.807, 2.05) is 6.21 Å². The molecule has 11 heavy (non-hydrogen) atoms. The molecule has 0 aromatic rings. The summed E-state index contributed by atoms with van der Waals surface area (Å²) in [5, 5.41) is 1.04. The molecule has 0 aliphatic carbocycles. The molecule has 0 aromatic heterocycles. The molecule has 2 N–H and O–H groups in total. The third-order valence-electron chi connectivity index (χ3n) is 1.43. The largest absolute Gasteiger partial charge is 0.403 e. The summed E-state index contributed by atoms with van der Waals surface area (Å²) >= 11 is 1.43. The van der Waals surface area contributed by atoms with Crippen molar-refractivity contribution in [1.82, 2.24) is 0 Å². The van der Waals surface area contributed by atoms with Crippen molar-refractivity contribution in [1.29, 1.82) is 0 Å². The van der Waals surface area contributed by atoms with Gasteiger partial charge < -0.3 is 5.73 Å². The Labute approximate surface area is 70.6 Å². The van der Waals surface area contributed by atoms with Gasteiger partial charge in [-0.05, 0) is 6.42 Å². The number of nitrogens with two attached hydrogens (primary N) is 1. The van der Waals surface area contributed by atoms with Crippen molar-refractivity contribution < 1.29 is 0 Å². The van der Waals surface area contributed by atoms with Crippen molar-refractivity contribution in [3.8, 4) is 0 Å². The highest BCUT2D eigenvalue weighted by Gasteiger charge is 2.16. The predicted molar refractivity (Wildman–Crippen MR) is 50.6 cm³/mol. The highest BCUT2D eigenvalue weighted by atomic mass is 32.2. The number of aliphatic imine (C=N–C) groups is 1. The van der Waals surface area contributed by atoms with Crippen molar-refractivity contribution in [2.24, 2.45) is 21.0 Å². The third-order valence-corrected chi connectivity index (χ3v) is 2.25. The summed E-state index contributed by atoms with van der Waals surface area (Å²) in [7, 11) is 0. The first-order valence-electron chi connectivity index (χ1n) is 3.53. The molecule has 60 valence electrons. The Morgan fingerprint density at radius 3 is 3.36 bits per heavy atom. The number of hydrogen-bond acceptors (Lipinski definition) is 4. The van der Waals surface area contributed by atoms with Crippen molar-refractivity contribution in [3.63, 3.8) is 0 Å². The molecule has 1 rings (SSSR count). The van der Waals surface area contributed by atoms with E-state index in [9.17, 15) is 0 Å². The van der Waals surface area contributed by atoms with Crippen LogP contribution in [0.1, 0.15) is 13.3 Å². The smallest absolute Gasteiger partial charge is 0.104 e. The van der Waals surface area contributed by atoms with Gasteiger partial charge in [0.05, 0.1) is 0 Å². The highest BCUT2D eigenvalue weighted by molar-refractivity contribution is 8.13. The van der Waals surface area contributed by atoms with Gasteiger partial charge in [-0.2, -0.15) is 0 Å². The van der Waals surface area contributed by atoms with Gasteiger partial charge >= 0.3 is 0 Å². The second kappa shape index (κ2) is 4.18. The van der Waals surface area contributed by atoms with Crippen LogP contribution >= 0.6 is 11.9 Å². The standard InChI is InChI=1S/C7H11N3S/c1-2-6-5-10-11-7(6)9-4-3-8/h3-6H,2,8H2,1H3/b4-3-,9-7?. The van der Waals surface area contributed by atoms with Gasteiger partial charge in [-0.15, -0.1) is 0 Å². The number of hydrogen-bond donors (Lipinski definition) is 1. The Morgan fingerprint density at radius 1 is 1.91 bits per heavy atom.